The fraction of sp³-hybridized carbons (Fsp3) is 0.438. The van der Waals surface area contributed by atoms with Crippen LogP contribution in [0.5, 0.6) is 0 Å². The highest BCUT2D eigenvalue weighted by atomic mass is 19.1. The first kappa shape index (κ1) is 14.7. The van der Waals surface area contributed by atoms with E-state index in [1.54, 1.807) is 6.92 Å². The predicted octanol–water partition coefficient (Wildman–Crippen LogP) is 3.44. The third kappa shape index (κ3) is 3.07. The molecule has 0 bridgehead atoms. The quantitative estimate of drug-likeness (QED) is 0.875. The SMILES string of the molecule is CCCNC(c1ccc(F)c(C)c1)c1ccnn1CC. The second-order valence-corrected chi connectivity index (χ2v) is 4.97. The van der Waals surface area contributed by atoms with E-state index < -0.39 is 0 Å². The second kappa shape index (κ2) is 6.66. The molecule has 0 aliphatic heterocycles. The molecule has 0 aliphatic rings. The van der Waals surface area contributed by atoms with Crippen LogP contribution in [0.25, 0.3) is 0 Å². The maximum absolute atomic E-state index is 13.5. The molecule has 1 unspecified atom stereocenters. The van der Waals surface area contributed by atoms with Gasteiger partial charge in [0.2, 0.25) is 0 Å². The van der Waals surface area contributed by atoms with Crippen molar-refractivity contribution in [1.29, 1.82) is 0 Å². The summed E-state index contributed by atoms with van der Waals surface area (Å²) in [5.41, 5.74) is 2.87. The van der Waals surface area contributed by atoms with Crippen LogP contribution in [-0.4, -0.2) is 16.3 Å². The van der Waals surface area contributed by atoms with E-state index in [-0.39, 0.29) is 11.9 Å². The highest BCUT2D eigenvalue weighted by Crippen LogP contribution is 2.23. The lowest BCUT2D eigenvalue weighted by Crippen LogP contribution is -2.26. The number of nitrogens with one attached hydrogen (secondary N) is 1. The average molecular weight is 275 g/mol. The van der Waals surface area contributed by atoms with E-state index in [2.05, 4.69) is 24.3 Å². The van der Waals surface area contributed by atoms with Gasteiger partial charge in [0, 0.05) is 12.7 Å². The molecule has 0 saturated heterocycles. The summed E-state index contributed by atoms with van der Waals surface area (Å²) in [5.74, 6) is -0.160. The van der Waals surface area contributed by atoms with Crippen LogP contribution in [0.15, 0.2) is 30.5 Å². The number of benzene rings is 1. The Balaban J connectivity index is 2.38. The fourth-order valence-electron chi connectivity index (χ4n) is 2.38. The Morgan fingerprint density at radius 3 is 2.75 bits per heavy atom. The maximum Gasteiger partial charge on any atom is 0.126 e. The minimum Gasteiger partial charge on any atom is -0.305 e. The molecule has 0 fully saturated rings. The van der Waals surface area contributed by atoms with E-state index >= 15 is 0 Å². The number of hydrogen-bond donors (Lipinski definition) is 1. The van der Waals surface area contributed by atoms with Crippen molar-refractivity contribution in [2.75, 3.05) is 6.54 Å². The molecule has 2 rings (SSSR count). The smallest absolute Gasteiger partial charge is 0.126 e. The molecule has 0 amide bonds. The first-order valence-corrected chi connectivity index (χ1v) is 7.18. The zero-order valence-electron chi connectivity index (χ0n) is 12.4. The van der Waals surface area contributed by atoms with Crippen molar-refractivity contribution in [1.82, 2.24) is 15.1 Å². The van der Waals surface area contributed by atoms with Crippen LogP contribution in [0.4, 0.5) is 4.39 Å². The van der Waals surface area contributed by atoms with Crippen molar-refractivity contribution in [3.8, 4) is 0 Å². The van der Waals surface area contributed by atoms with E-state index in [0.717, 1.165) is 30.8 Å². The van der Waals surface area contributed by atoms with Gasteiger partial charge in [-0.3, -0.25) is 4.68 Å². The summed E-state index contributed by atoms with van der Waals surface area (Å²) in [6.07, 6.45) is 2.87. The van der Waals surface area contributed by atoms with Gasteiger partial charge in [-0.15, -0.1) is 0 Å². The van der Waals surface area contributed by atoms with Crippen LogP contribution < -0.4 is 5.32 Å². The van der Waals surface area contributed by atoms with Crippen molar-refractivity contribution in [2.45, 2.75) is 39.8 Å². The summed E-state index contributed by atoms with van der Waals surface area (Å²) >= 11 is 0. The van der Waals surface area contributed by atoms with Gasteiger partial charge in [0.15, 0.2) is 0 Å². The Morgan fingerprint density at radius 2 is 2.10 bits per heavy atom. The molecule has 3 nitrogen and oxygen atoms in total. The van der Waals surface area contributed by atoms with Gasteiger partial charge in [0.25, 0.3) is 0 Å². The van der Waals surface area contributed by atoms with Gasteiger partial charge in [-0.05, 0) is 50.1 Å². The van der Waals surface area contributed by atoms with Crippen molar-refractivity contribution in [2.24, 2.45) is 0 Å². The number of rotatable bonds is 6. The maximum atomic E-state index is 13.5. The molecule has 1 heterocycles. The second-order valence-electron chi connectivity index (χ2n) is 4.97. The third-order valence-electron chi connectivity index (χ3n) is 3.46. The van der Waals surface area contributed by atoms with E-state index in [9.17, 15) is 4.39 Å². The van der Waals surface area contributed by atoms with E-state index in [1.165, 1.54) is 6.07 Å². The molecule has 4 heteroatoms. The minimum atomic E-state index is -0.160. The topological polar surface area (TPSA) is 29.9 Å². The Bertz CT molecular complexity index is 563. The molecule has 108 valence electrons. The number of aromatic nitrogens is 2. The molecular weight excluding hydrogens is 253 g/mol. The first-order chi connectivity index (χ1) is 9.67. The molecule has 20 heavy (non-hydrogen) atoms. The summed E-state index contributed by atoms with van der Waals surface area (Å²) in [4.78, 5) is 0. The van der Waals surface area contributed by atoms with Gasteiger partial charge >= 0.3 is 0 Å². The summed E-state index contributed by atoms with van der Waals surface area (Å²) in [5, 5.41) is 7.86. The summed E-state index contributed by atoms with van der Waals surface area (Å²) in [6, 6.07) is 7.38. The van der Waals surface area contributed by atoms with E-state index in [0.29, 0.717) is 5.56 Å². The monoisotopic (exact) mass is 275 g/mol. The van der Waals surface area contributed by atoms with E-state index in [1.807, 2.05) is 29.1 Å². The van der Waals surface area contributed by atoms with Crippen LogP contribution in [0.3, 0.4) is 0 Å². The van der Waals surface area contributed by atoms with Crippen molar-refractivity contribution < 1.29 is 4.39 Å². The standard InChI is InChI=1S/C16H22FN3/c1-4-9-18-16(15-8-10-19-20(15)5-2)13-6-7-14(17)12(3)11-13/h6-8,10-11,16,18H,4-5,9H2,1-3H3. The Morgan fingerprint density at radius 1 is 1.30 bits per heavy atom. The predicted molar refractivity (Wildman–Crippen MR) is 79.2 cm³/mol. The van der Waals surface area contributed by atoms with Gasteiger partial charge in [-0.1, -0.05) is 19.1 Å². The summed E-state index contributed by atoms with van der Waals surface area (Å²) in [7, 11) is 0. The molecule has 0 saturated carbocycles. The molecule has 0 spiro atoms. The largest absolute Gasteiger partial charge is 0.305 e. The van der Waals surface area contributed by atoms with E-state index in [4.69, 9.17) is 0 Å². The lowest BCUT2D eigenvalue weighted by Gasteiger charge is -2.20. The molecule has 0 radical (unpaired) electrons. The number of halogens is 1. The summed E-state index contributed by atoms with van der Waals surface area (Å²) in [6.45, 7) is 7.75. The molecule has 1 atom stereocenters. The zero-order valence-corrected chi connectivity index (χ0v) is 12.4. The van der Waals surface area contributed by atoms with Crippen LogP contribution >= 0.6 is 0 Å². The fourth-order valence-corrected chi connectivity index (χ4v) is 2.38. The lowest BCUT2D eigenvalue weighted by atomic mass is 10.0. The average Bonchev–Trinajstić information content (AvgIpc) is 2.91. The Kier molecular flexibility index (Phi) is 4.90. The zero-order chi connectivity index (χ0) is 14.5. The molecule has 0 aliphatic carbocycles. The van der Waals surface area contributed by atoms with Gasteiger partial charge in [0.1, 0.15) is 5.82 Å². The Labute approximate surface area is 119 Å². The van der Waals surface area contributed by atoms with Crippen LogP contribution in [0.2, 0.25) is 0 Å². The molecular formula is C16H22FN3. The molecule has 1 aromatic carbocycles. The van der Waals surface area contributed by atoms with Crippen LogP contribution in [0.1, 0.15) is 43.1 Å². The highest BCUT2D eigenvalue weighted by molar-refractivity contribution is 5.31. The van der Waals surface area contributed by atoms with Gasteiger partial charge in [-0.2, -0.15) is 5.10 Å². The number of aryl methyl sites for hydroxylation is 2. The number of nitrogens with zero attached hydrogens (tertiary/aromatic N) is 2. The van der Waals surface area contributed by atoms with Crippen molar-refractivity contribution >= 4 is 0 Å². The summed E-state index contributed by atoms with van der Waals surface area (Å²) < 4.78 is 15.4. The first-order valence-electron chi connectivity index (χ1n) is 7.18. The van der Waals surface area contributed by atoms with Gasteiger partial charge < -0.3 is 5.32 Å². The molecule has 1 N–H and O–H groups in total. The number of hydrogen-bond acceptors (Lipinski definition) is 2. The lowest BCUT2D eigenvalue weighted by molar-refractivity contribution is 0.528. The van der Waals surface area contributed by atoms with Crippen molar-refractivity contribution in [3.63, 3.8) is 0 Å². The van der Waals surface area contributed by atoms with Gasteiger partial charge in [0.05, 0.1) is 11.7 Å². The third-order valence-corrected chi connectivity index (χ3v) is 3.46. The Hall–Kier alpha value is -1.68. The normalized spacial score (nSPS) is 12.6. The highest BCUT2D eigenvalue weighted by Gasteiger charge is 2.18. The van der Waals surface area contributed by atoms with Crippen LogP contribution in [-0.2, 0) is 6.54 Å². The molecule has 1 aromatic heterocycles. The van der Waals surface area contributed by atoms with Crippen LogP contribution in [0, 0.1) is 12.7 Å². The van der Waals surface area contributed by atoms with Gasteiger partial charge in [-0.25, -0.2) is 4.39 Å². The van der Waals surface area contributed by atoms with Crippen molar-refractivity contribution in [3.05, 3.63) is 53.1 Å². The minimum absolute atomic E-state index is 0.0525. The molecule has 2 aromatic rings.